The number of methoxy groups -OCH3 is 1. The first kappa shape index (κ1) is 15.0. The molecule has 0 aromatic carbocycles. The van der Waals surface area contributed by atoms with Crippen molar-refractivity contribution in [2.45, 2.75) is 0 Å². The SMILES string of the molecule is COC(=N)c1cc(C#Cc2ccnc(NC=O)c2)cnc1N. The lowest BCUT2D eigenvalue weighted by Crippen LogP contribution is -2.07. The van der Waals surface area contributed by atoms with E-state index in [9.17, 15) is 4.79 Å². The van der Waals surface area contributed by atoms with E-state index in [1.165, 1.54) is 13.3 Å². The predicted molar refractivity (Wildman–Crippen MR) is 82.4 cm³/mol. The van der Waals surface area contributed by atoms with Gasteiger partial charge < -0.3 is 15.8 Å². The zero-order valence-corrected chi connectivity index (χ0v) is 11.8. The Morgan fingerprint density at radius 1 is 1.36 bits per heavy atom. The Hall–Kier alpha value is -3.40. The number of nitrogens with one attached hydrogen (secondary N) is 2. The minimum atomic E-state index is -0.0740. The topological polar surface area (TPSA) is 114 Å². The highest BCUT2D eigenvalue weighted by molar-refractivity contribution is 5.96. The molecule has 4 N–H and O–H groups in total. The summed E-state index contributed by atoms with van der Waals surface area (Å²) in [4.78, 5) is 18.3. The van der Waals surface area contributed by atoms with Crippen molar-refractivity contribution in [1.82, 2.24) is 9.97 Å². The van der Waals surface area contributed by atoms with E-state index in [1.807, 2.05) is 0 Å². The molecule has 0 aliphatic heterocycles. The van der Waals surface area contributed by atoms with Crippen molar-refractivity contribution in [3.63, 3.8) is 0 Å². The van der Waals surface area contributed by atoms with E-state index in [0.29, 0.717) is 28.9 Å². The summed E-state index contributed by atoms with van der Waals surface area (Å²) in [6, 6.07) is 4.99. The number of rotatable bonds is 3. The highest BCUT2D eigenvalue weighted by atomic mass is 16.5. The first-order valence-corrected chi connectivity index (χ1v) is 6.20. The molecule has 2 aromatic heterocycles. The van der Waals surface area contributed by atoms with Gasteiger partial charge in [0.2, 0.25) is 12.3 Å². The van der Waals surface area contributed by atoms with Gasteiger partial charge in [-0.05, 0) is 18.2 Å². The number of nitrogen functional groups attached to an aromatic ring is 1. The molecule has 0 unspecified atom stereocenters. The number of nitrogens with two attached hydrogens (primary N) is 1. The van der Waals surface area contributed by atoms with Crippen LogP contribution in [0.5, 0.6) is 0 Å². The van der Waals surface area contributed by atoms with Gasteiger partial charge in [-0.3, -0.25) is 10.2 Å². The molecule has 2 heterocycles. The number of aromatic nitrogens is 2. The quantitative estimate of drug-likeness (QED) is 0.338. The van der Waals surface area contributed by atoms with Crippen molar-refractivity contribution < 1.29 is 9.53 Å². The molecule has 0 spiro atoms. The molecule has 0 aliphatic carbocycles. The molecule has 2 rings (SSSR count). The number of hydrogen-bond acceptors (Lipinski definition) is 6. The molecular formula is C15H13N5O2. The summed E-state index contributed by atoms with van der Waals surface area (Å²) in [5, 5.41) is 10.1. The van der Waals surface area contributed by atoms with E-state index < -0.39 is 0 Å². The molecule has 1 amide bonds. The largest absolute Gasteiger partial charge is 0.481 e. The maximum absolute atomic E-state index is 10.4. The number of carbonyl (C=O) groups is 1. The van der Waals surface area contributed by atoms with Crippen molar-refractivity contribution in [3.05, 3.63) is 47.3 Å². The highest BCUT2D eigenvalue weighted by Crippen LogP contribution is 2.12. The van der Waals surface area contributed by atoms with E-state index in [-0.39, 0.29) is 11.7 Å². The number of nitrogens with zero attached hydrogens (tertiary/aromatic N) is 2. The fourth-order valence-electron chi connectivity index (χ4n) is 1.63. The van der Waals surface area contributed by atoms with Crippen molar-refractivity contribution in [3.8, 4) is 11.8 Å². The van der Waals surface area contributed by atoms with Gasteiger partial charge in [-0.25, -0.2) is 9.97 Å². The van der Waals surface area contributed by atoms with Crippen LogP contribution in [0, 0.1) is 17.3 Å². The molecule has 0 saturated carbocycles. The third-order valence-electron chi connectivity index (χ3n) is 2.69. The molecule has 7 nitrogen and oxygen atoms in total. The van der Waals surface area contributed by atoms with Crippen molar-refractivity contribution in [2.24, 2.45) is 0 Å². The fourth-order valence-corrected chi connectivity index (χ4v) is 1.63. The number of anilines is 2. The smallest absolute Gasteiger partial charge is 0.216 e. The number of hydrogen-bond donors (Lipinski definition) is 3. The second-order valence-electron chi connectivity index (χ2n) is 4.13. The van der Waals surface area contributed by atoms with Crippen LogP contribution in [-0.2, 0) is 9.53 Å². The summed E-state index contributed by atoms with van der Waals surface area (Å²) in [6.07, 6.45) is 3.61. The van der Waals surface area contributed by atoms with E-state index in [4.69, 9.17) is 15.9 Å². The van der Waals surface area contributed by atoms with Crippen LogP contribution < -0.4 is 11.1 Å². The van der Waals surface area contributed by atoms with Gasteiger partial charge in [-0.1, -0.05) is 11.8 Å². The second-order valence-corrected chi connectivity index (χ2v) is 4.13. The van der Waals surface area contributed by atoms with Crippen LogP contribution in [0.1, 0.15) is 16.7 Å². The molecule has 110 valence electrons. The summed E-state index contributed by atoms with van der Waals surface area (Å²) < 4.78 is 4.84. The number of pyridine rings is 2. The van der Waals surface area contributed by atoms with Gasteiger partial charge in [0.1, 0.15) is 11.6 Å². The van der Waals surface area contributed by atoms with Gasteiger partial charge in [0.05, 0.1) is 12.7 Å². The van der Waals surface area contributed by atoms with Gasteiger partial charge >= 0.3 is 0 Å². The molecule has 0 bridgehead atoms. The van der Waals surface area contributed by atoms with Crippen LogP contribution in [0.4, 0.5) is 11.6 Å². The fraction of sp³-hybridized carbons (Fsp3) is 0.0667. The van der Waals surface area contributed by atoms with E-state index in [0.717, 1.165) is 0 Å². The Morgan fingerprint density at radius 3 is 2.86 bits per heavy atom. The van der Waals surface area contributed by atoms with Crippen LogP contribution in [0.25, 0.3) is 0 Å². The Morgan fingerprint density at radius 2 is 2.14 bits per heavy atom. The minimum Gasteiger partial charge on any atom is -0.481 e. The van der Waals surface area contributed by atoms with Crippen LogP contribution in [0.2, 0.25) is 0 Å². The van der Waals surface area contributed by atoms with E-state index >= 15 is 0 Å². The van der Waals surface area contributed by atoms with Crippen LogP contribution >= 0.6 is 0 Å². The molecule has 22 heavy (non-hydrogen) atoms. The van der Waals surface area contributed by atoms with Crippen molar-refractivity contribution in [1.29, 1.82) is 5.41 Å². The zero-order valence-electron chi connectivity index (χ0n) is 11.8. The summed E-state index contributed by atoms with van der Waals surface area (Å²) >= 11 is 0. The molecule has 7 heteroatoms. The predicted octanol–water partition coefficient (Wildman–Crippen LogP) is 0.999. The molecule has 0 fully saturated rings. The van der Waals surface area contributed by atoms with Crippen LogP contribution in [0.15, 0.2) is 30.6 Å². The standard InChI is InChI=1S/C15H13N5O2/c1-22-15(17)12-6-11(8-19-14(12)16)3-2-10-4-5-18-13(7-10)20-9-21/h4-9,17H,1H3,(H2,16,19)(H,18,20,21). The molecule has 2 aromatic rings. The number of ether oxygens (including phenoxy) is 1. The third-order valence-corrected chi connectivity index (χ3v) is 2.69. The molecular weight excluding hydrogens is 282 g/mol. The van der Waals surface area contributed by atoms with Crippen molar-refractivity contribution >= 4 is 23.9 Å². The van der Waals surface area contributed by atoms with E-state index in [1.54, 1.807) is 24.4 Å². The number of carbonyl (C=O) groups excluding carboxylic acids is 1. The lowest BCUT2D eigenvalue weighted by molar-refractivity contribution is -0.105. The van der Waals surface area contributed by atoms with Gasteiger partial charge in [0.15, 0.2) is 0 Å². The van der Waals surface area contributed by atoms with E-state index in [2.05, 4.69) is 27.1 Å². The van der Waals surface area contributed by atoms with Gasteiger partial charge in [0.25, 0.3) is 0 Å². The lowest BCUT2D eigenvalue weighted by atomic mass is 10.1. The first-order chi connectivity index (χ1) is 10.6. The lowest BCUT2D eigenvalue weighted by Gasteiger charge is -2.05. The Balaban J connectivity index is 2.30. The van der Waals surface area contributed by atoms with Gasteiger partial charge in [0, 0.05) is 23.5 Å². The average Bonchev–Trinajstić information content (AvgIpc) is 2.54. The summed E-state index contributed by atoms with van der Waals surface area (Å²) in [5.74, 6) is 6.39. The minimum absolute atomic E-state index is 0.0740. The maximum Gasteiger partial charge on any atom is 0.216 e. The maximum atomic E-state index is 10.4. The molecule has 0 radical (unpaired) electrons. The monoisotopic (exact) mass is 295 g/mol. The Kier molecular flexibility index (Phi) is 4.67. The molecule has 0 saturated heterocycles. The Bertz CT molecular complexity index is 777. The van der Waals surface area contributed by atoms with Crippen molar-refractivity contribution in [2.75, 3.05) is 18.2 Å². The Labute approximate surface area is 127 Å². The summed E-state index contributed by atoms with van der Waals surface area (Å²) in [7, 11) is 1.39. The first-order valence-electron chi connectivity index (χ1n) is 6.20. The molecule has 0 aliphatic rings. The second kappa shape index (κ2) is 6.85. The average molecular weight is 295 g/mol. The van der Waals surface area contributed by atoms with Gasteiger partial charge in [-0.15, -0.1) is 0 Å². The zero-order chi connectivity index (χ0) is 15.9. The highest BCUT2D eigenvalue weighted by Gasteiger charge is 2.07. The third kappa shape index (κ3) is 3.58. The molecule has 0 atom stereocenters. The van der Waals surface area contributed by atoms with Crippen LogP contribution in [0.3, 0.4) is 0 Å². The normalized spacial score (nSPS) is 9.32. The van der Waals surface area contributed by atoms with Crippen LogP contribution in [-0.4, -0.2) is 29.4 Å². The summed E-state index contributed by atoms with van der Waals surface area (Å²) in [5.41, 5.74) is 7.35. The van der Waals surface area contributed by atoms with Gasteiger partial charge in [-0.2, -0.15) is 0 Å². The number of amides is 1. The summed E-state index contributed by atoms with van der Waals surface area (Å²) in [6.45, 7) is 0.